The molecule has 0 saturated heterocycles. The normalized spacial score (nSPS) is 14.3. The molecule has 0 aliphatic carbocycles. The van der Waals surface area contributed by atoms with Crippen molar-refractivity contribution in [1.29, 1.82) is 0 Å². The van der Waals surface area contributed by atoms with Crippen LogP contribution < -0.4 is 4.90 Å². The van der Waals surface area contributed by atoms with Crippen LogP contribution in [0.4, 0.5) is 18.9 Å². The lowest BCUT2D eigenvalue weighted by Crippen LogP contribution is -2.23. The number of fused-ring (bicyclic) bond motifs is 1. The number of rotatable bonds is 2. The average Bonchev–Trinajstić information content (AvgIpc) is 2.82. The lowest BCUT2D eigenvalue weighted by Gasteiger charge is -2.16. The molecule has 0 radical (unpaired) electrons. The van der Waals surface area contributed by atoms with Gasteiger partial charge in [-0.25, -0.2) is 0 Å². The van der Waals surface area contributed by atoms with E-state index in [4.69, 9.17) is 0 Å². The van der Waals surface area contributed by atoms with Crippen LogP contribution in [0.2, 0.25) is 0 Å². The maximum atomic E-state index is 13.4. The first-order chi connectivity index (χ1) is 10.8. The summed E-state index contributed by atoms with van der Waals surface area (Å²) < 4.78 is 40.1. The van der Waals surface area contributed by atoms with Crippen LogP contribution >= 0.6 is 0 Å². The highest BCUT2D eigenvalue weighted by molar-refractivity contribution is 6.10. The fourth-order valence-corrected chi connectivity index (χ4v) is 2.93. The van der Waals surface area contributed by atoms with E-state index < -0.39 is 11.7 Å². The molecule has 120 valence electrons. The quantitative estimate of drug-likeness (QED) is 0.783. The van der Waals surface area contributed by atoms with E-state index in [1.807, 2.05) is 13.0 Å². The van der Waals surface area contributed by atoms with Crippen molar-refractivity contribution < 1.29 is 18.0 Å². The molecule has 2 aromatic rings. The monoisotopic (exact) mass is 319 g/mol. The van der Waals surface area contributed by atoms with Crippen molar-refractivity contribution in [3.8, 4) is 0 Å². The van der Waals surface area contributed by atoms with E-state index in [2.05, 4.69) is 0 Å². The van der Waals surface area contributed by atoms with Crippen LogP contribution in [0.1, 0.15) is 39.5 Å². The molecule has 1 aliphatic rings. The molecule has 1 amide bonds. The number of hydrogen-bond donors (Lipinski definition) is 0. The van der Waals surface area contributed by atoms with Crippen molar-refractivity contribution in [2.24, 2.45) is 0 Å². The summed E-state index contributed by atoms with van der Waals surface area (Å²) in [5.74, 6) is -0.369. The third-order valence-corrected chi connectivity index (χ3v) is 4.13. The summed E-state index contributed by atoms with van der Waals surface area (Å²) in [6.07, 6.45) is -4.01. The predicted octanol–water partition coefficient (Wildman–Crippen LogP) is 4.74. The highest BCUT2D eigenvalue weighted by Gasteiger charge is 2.40. The molecule has 0 spiro atoms. The van der Waals surface area contributed by atoms with Crippen LogP contribution in [0.3, 0.4) is 0 Å². The minimum atomic E-state index is -4.46. The SMILES string of the molecule is CCc1cc2c(c(C(F)(F)F)c1)CN(c1cccc(C)c1)C2=O. The second kappa shape index (κ2) is 5.41. The third kappa shape index (κ3) is 2.71. The molecule has 1 aliphatic heterocycles. The zero-order valence-corrected chi connectivity index (χ0v) is 12.9. The summed E-state index contributed by atoms with van der Waals surface area (Å²) in [6.45, 7) is 3.61. The summed E-state index contributed by atoms with van der Waals surface area (Å²) in [6, 6.07) is 9.97. The van der Waals surface area contributed by atoms with Crippen LogP contribution in [0, 0.1) is 6.92 Å². The number of amides is 1. The lowest BCUT2D eigenvalue weighted by atomic mass is 9.98. The first-order valence-corrected chi connectivity index (χ1v) is 7.42. The molecular weight excluding hydrogens is 303 g/mol. The van der Waals surface area contributed by atoms with E-state index in [9.17, 15) is 18.0 Å². The van der Waals surface area contributed by atoms with Gasteiger partial charge in [-0.05, 0) is 54.3 Å². The molecular formula is C18H16F3NO. The number of carbonyl (C=O) groups excluding carboxylic acids is 1. The van der Waals surface area contributed by atoms with Crippen LogP contribution in [-0.2, 0) is 19.1 Å². The number of benzene rings is 2. The molecule has 2 aromatic carbocycles. The number of alkyl halides is 3. The van der Waals surface area contributed by atoms with E-state index in [-0.39, 0.29) is 23.6 Å². The third-order valence-electron chi connectivity index (χ3n) is 4.13. The topological polar surface area (TPSA) is 20.3 Å². The Morgan fingerprint density at radius 2 is 1.91 bits per heavy atom. The van der Waals surface area contributed by atoms with Crippen LogP contribution in [0.25, 0.3) is 0 Å². The van der Waals surface area contributed by atoms with Crippen LogP contribution in [0.15, 0.2) is 36.4 Å². The molecule has 0 saturated carbocycles. The van der Waals surface area contributed by atoms with Gasteiger partial charge in [0.05, 0.1) is 12.1 Å². The van der Waals surface area contributed by atoms with Gasteiger partial charge in [-0.2, -0.15) is 13.2 Å². The summed E-state index contributed by atoms with van der Waals surface area (Å²) in [5, 5.41) is 0. The Morgan fingerprint density at radius 3 is 2.52 bits per heavy atom. The Balaban J connectivity index is 2.12. The van der Waals surface area contributed by atoms with Gasteiger partial charge in [-0.15, -0.1) is 0 Å². The standard InChI is InChI=1S/C18H16F3NO/c1-3-12-8-14-15(16(9-12)18(19,20)21)10-22(17(14)23)13-6-4-5-11(2)7-13/h4-9H,3,10H2,1-2H3. The Kier molecular flexibility index (Phi) is 3.66. The number of hydrogen-bond acceptors (Lipinski definition) is 1. The van der Waals surface area contributed by atoms with E-state index in [0.717, 1.165) is 11.6 Å². The van der Waals surface area contributed by atoms with Crippen molar-refractivity contribution in [3.63, 3.8) is 0 Å². The molecule has 2 nitrogen and oxygen atoms in total. The Bertz CT molecular complexity index is 780. The Labute approximate surface area is 132 Å². The Hall–Kier alpha value is -2.30. The summed E-state index contributed by atoms with van der Waals surface area (Å²) in [5.41, 5.74) is 1.64. The van der Waals surface area contributed by atoms with Gasteiger partial charge >= 0.3 is 6.18 Å². The average molecular weight is 319 g/mol. The summed E-state index contributed by atoms with van der Waals surface area (Å²) in [4.78, 5) is 14.0. The van der Waals surface area contributed by atoms with E-state index in [1.54, 1.807) is 31.2 Å². The first kappa shape index (κ1) is 15.6. The van der Waals surface area contributed by atoms with Gasteiger partial charge in [-0.3, -0.25) is 4.79 Å². The molecule has 23 heavy (non-hydrogen) atoms. The molecule has 5 heteroatoms. The molecule has 3 rings (SSSR count). The maximum absolute atomic E-state index is 13.4. The van der Waals surface area contributed by atoms with Crippen molar-refractivity contribution in [2.45, 2.75) is 33.0 Å². The van der Waals surface area contributed by atoms with E-state index >= 15 is 0 Å². The van der Waals surface area contributed by atoms with Crippen molar-refractivity contribution in [2.75, 3.05) is 4.90 Å². The number of nitrogens with zero attached hydrogens (tertiary/aromatic N) is 1. The highest BCUT2D eigenvalue weighted by atomic mass is 19.4. The summed E-state index contributed by atoms with van der Waals surface area (Å²) >= 11 is 0. The van der Waals surface area contributed by atoms with Gasteiger partial charge in [0, 0.05) is 11.3 Å². The largest absolute Gasteiger partial charge is 0.416 e. The lowest BCUT2D eigenvalue weighted by molar-refractivity contribution is -0.138. The minimum absolute atomic E-state index is 0.0452. The summed E-state index contributed by atoms with van der Waals surface area (Å²) in [7, 11) is 0. The zero-order chi connectivity index (χ0) is 16.8. The van der Waals surface area contributed by atoms with Gasteiger partial charge in [0.15, 0.2) is 0 Å². The molecule has 1 heterocycles. The van der Waals surface area contributed by atoms with Crippen molar-refractivity contribution >= 4 is 11.6 Å². The van der Waals surface area contributed by atoms with Crippen molar-refractivity contribution in [3.05, 3.63) is 64.2 Å². The van der Waals surface area contributed by atoms with Crippen LogP contribution in [-0.4, -0.2) is 5.91 Å². The minimum Gasteiger partial charge on any atom is -0.304 e. The fraction of sp³-hybridized carbons (Fsp3) is 0.278. The van der Waals surface area contributed by atoms with Crippen LogP contribution in [0.5, 0.6) is 0 Å². The van der Waals surface area contributed by atoms with Gasteiger partial charge in [0.25, 0.3) is 5.91 Å². The molecule has 0 fully saturated rings. The van der Waals surface area contributed by atoms with Gasteiger partial charge in [-0.1, -0.05) is 19.1 Å². The molecule has 0 unspecified atom stereocenters. The van der Waals surface area contributed by atoms with E-state index in [0.29, 0.717) is 17.7 Å². The highest BCUT2D eigenvalue weighted by Crippen LogP contribution is 2.39. The maximum Gasteiger partial charge on any atom is 0.416 e. The predicted molar refractivity (Wildman–Crippen MR) is 82.5 cm³/mol. The smallest absolute Gasteiger partial charge is 0.304 e. The first-order valence-electron chi connectivity index (χ1n) is 7.42. The second-order valence-electron chi connectivity index (χ2n) is 5.75. The van der Waals surface area contributed by atoms with Gasteiger partial charge in [0.1, 0.15) is 0 Å². The number of carbonyl (C=O) groups is 1. The number of halogens is 3. The fourth-order valence-electron chi connectivity index (χ4n) is 2.93. The number of aryl methyl sites for hydroxylation is 2. The molecule has 0 atom stereocenters. The van der Waals surface area contributed by atoms with Gasteiger partial charge in [0.2, 0.25) is 0 Å². The second-order valence-corrected chi connectivity index (χ2v) is 5.75. The molecule has 0 aromatic heterocycles. The Morgan fingerprint density at radius 1 is 1.17 bits per heavy atom. The van der Waals surface area contributed by atoms with E-state index in [1.165, 1.54) is 4.90 Å². The van der Waals surface area contributed by atoms with Gasteiger partial charge < -0.3 is 4.90 Å². The zero-order valence-electron chi connectivity index (χ0n) is 12.9. The molecule has 0 N–H and O–H groups in total. The van der Waals surface area contributed by atoms with Crippen molar-refractivity contribution in [1.82, 2.24) is 0 Å². The molecule has 0 bridgehead atoms. The number of anilines is 1.